The number of nitrogens with zero attached hydrogens (tertiary/aromatic N) is 2. The molecule has 98 valence electrons. The van der Waals surface area contributed by atoms with Crippen LogP contribution in [0.25, 0.3) is 0 Å². The lowest BCUT2D eigenvalue weighted by Crippen LogP contribution is -2.06. The first-order valence-electron chi connectivity index (χ1n) is 6.12. The molecule has 19 heavy (non-hydrogen) atoms. The van der Waals surface area contributed by atoms with Crippen LogP contribution >= 0.6 is 23.1 Å². The van der Waals surface area contributed by atoms with Crippen molar-refractivity contribution >= 4 is 28.8 Å². The Morgan fingerprint density at radius 1 is 1.47 bits per heavy atom. The maximum absolute atomic E-state index is 9.30. The molecule has 1 N–H and O–H groups in total. The van der Waals surface area contributed by atoms with Crippen molar-refractivity contribution in [3.63, 3.8) is 0 Å². The molecule has 2 aromatic rings. The van der Waals surface area contributed by atoms with Gasteiger partial charge in [-0.15, -0.1) is 23.1 Å². The summed E-state index contributed by atoms with van der Waals surface area (Å²) in [6, 6.07) is 8.24. The van der Waals surface area contributed by atoms with Gasteiger partial charge in [-0.05, 0) is 17.9 Å². The monoisotopic (exact) mass is 289 g/mol. The quantitative estimate of drug-likeness (QED) is 0.822. The summed E-state index contributed by atoms with van der Waals surface area (Å²) >= 11 is 3.31. The van der Waals surface area contributed by atoms with Crippen molar-refractivity contribution in [2.45, 2.75) is 18.2 Å². The number of thiazole rings is 1. The van der Waals surface area contributed by atoms with E-state index in [1.165, 1.54) is 0 Å². The topological polar surface area (TPSA) is 48.7 Å². The molecule has 1 heterocycles. The highest BCUT2D eigenvalue weighted by Crippen LogP contribution is 2.27. The smallest absolute Gasteiger partial charge is 0.102 e. The fourth-order valence-electron chi connectivity index (χ4n) is 1.76. The van der Waals surface area contributed by atoms with Crippen LogP contribution in [0, 0.1) is 11.3 Å². The van der Waals surface area contributed by atoms with Crippen LogP contribution in [0.1, 0.15) is 18.2 Å². The molecule has 0 aliphatic heterocycles. The largest absolute Gasteiger partial charge is 0.384 e. The van der Waals surface area contributed by atoms with E-state index in [1.807, 2.05) is 23.7 Å². The number of rotatable bonds is 6. The third-order valence-corrected chi connectivity index (χ3v) is 4.19. The van der Waals surface area contributed by atoms with E-state index in [1.54, 1.807) is 23.1 Å². The second kappa shape index (κ2) is 7.17. The molecule has 0 amide bonds. The Kier molecular flexibility index (Phi) is 5.25. The molecule has 0 aliphatic rings. The van der Waals surface area contributed by atoms with Gasteiger partial charge in [0.25, 0.3) is 0 Å². The molecule has 1 aromatic heterocycles. The average Bonchev–Trinajstić information content (AvgIpc) is 2.93. The maximum atomic E-state index is 9.30. The van der Waals surface area contributed by atoms with Gasteiger partial charge in [-0.3, -0.25) is 0 Å². The van der Waals surface area contributed by atoms with E-state index in [9.17, 15) is 5.26 Å². The third kappa shape index (κ3) is 3.72. The number of thioether (sulfide) groups is 1. The van der Waals surface area contributed by atoms with Crippen LogP contribution in [0.2, 0.25) is 0 Å². The number of hydrogen-bond donors (Lipinski definition) is 1. The molecule has 3 nitrogen and oxygen atoms in total. The van der Waals surface area contributed by atoms with Crippen molar-refractivity contribution < 1.29 is 0 Å². The number of benzene rings is 1. The number of hydrogen-bond acceptors (Lipinski definition) is 5. The SMILES string of the molecule is CCSc1cccc(NCCc2cscn2)c1C#N. The Labute approximate surface area is 121 Å². The van der Waals surface area contributed by atoms with Crippen LogP contribution in [0.3, 0.4) is 0 Å². The minimum Gasteiger partial charge on any atom is -0.384 e. The van der Waals surface area contributed by atoms with Gasteiger partial charge >= 0.3 is 0 Å². The first-order chi connectivity index (χ1) is 9.35. The highest BCUT2D eigenvalue weighted by atomic mass is 32.2. The lowest BCUT2D eigenvalue weighted by molar-refractivity contribution is 0.975. The van der Waals surface area contributed by atoms with E-state index >= 15 is 0 Å². The van der Waals surface area contributed by atoms with Gasteiger partial charge in [-0.25, -0.2) is 4.98 Å². The molecule has 1 aromatic carbocycles. The van der Waals surface area contributed by atoms with E-state index in [0.717, 1.165) is 40.6 Å². The van der Waals surface area contributed by atoms with Gasteiger partial charge in [0.15, 0.2) is 0 Å². The highest BCUT2D eigenvalue weighted by Gasteiger charge is 2.07. The van der Waals surface area contributed by atoms with Gasteiger partial charge in [0.2, 0.25) is 0 Å². The molecular weight excluding hydrogens is 274 g/mol. The average molecular weight is 289 g/mol. The molecule has 0 bridgehead atoms. The predicted octanol–water partition coefficient (Wildman–Crippen LogP) is 3.78. The van der Waals surface area contributed by atoms with Crippen LogP contribution in [-0.4, -0.2) is 17.3 Å². The van der Waals surface area contributed by atoms with Crippen molar-refractivity contribution in [1.29, 1.82) is 5.26 Å². The predicted molar refractivity (Wildman–Crippen MR) is 81.9 cm³/mol. The van der Waals surface area contributed by atoms with Crippen molar-refractivity contribution in [2.75, 3.05) is 17.6 Å². The molecule has 5 heteroatoms. The fourth-order valence-corrected chi connectivity index (χ4v) is 3.13. The molecule has 2 rings (SSSR count). The van der Waals surface area contributed by atoms with Gasteiger partial charge < -0.3 is 5.32 Å². The van der Waals surface area contributed by atoms with Crippen LogP contribution in [0.15, 0.2) is 34.0 Å². The van der Waals surface area contributed by atoms with Gasteiger partial charge in [0.1, 0.15) is 6.07 Å². The number of nitriles is 1. The van der Waals surface area contributed by atoms with E-state index in [2.05, 4.69) is 28.7 Å². The zero-order valence-electron chi connectivity index (χ0n) is 10.7. The Balaban J connectivity index is 2.03. The molecule has 0 radical (unpaired) electrons. The minimum atomic E-state index is 0.743. The van der Waals surface area contributed by atoms with Crippen molar-refractivity contribution in [3.8, 4) is 6.07 Å². The van der Waals surface area contributed by atoms with E-state index < -0.39 is 0 Å². The second-order valence-corrected chi connectivity index (χ2v) is 5.90. The molecule has 0 saturated carbocycles. The normalized spacial score (nSPS) is 10.1. The molecule has 0 aliphatic carbocycles. The van der Waals surface area contributed by atoms with Crippen LogP contribution in [0.4, 0.5) is 5.69 Å². The Morgan fingerprint density at radius 2 is 2.37 bits per heavy atom. The summed E-state index contributed by atoms with van der Waals surface area (Å²) in [7, 11) is 0. The number of anilines is 1. The minimum absolute atomic E-state index is 0.743. The van der Waals surface area contributed by atoms with E-state index in [4.69, 9.17) is 0 Å². The Bertz CT molecular complexity index is 559. The first-order valence-corrected chi connectivity index (χ1v) is 8.04. The second-order valence-electron chi connectivity index (χ2n) is 3.88. The zero-order chi connectivity index (χ0) is 13.5. The lowest BCUT2D eigenvalue weighted by Gasteiger charge is -2.10. The Morgan fingerprint density at radius 3 is 3.05 bits per heavy atom. The summed E-state index contributed by atoms with van der Waals surface area (Å²) in [6.07, 6.45) is 0.875. The van der Waals surface area contributed by atoms with Gasteiger partial charge in [-0.1, -0.05) is 13.0 Å². The summed E-state index contributed by atoms with van der Waals surface area (Å²) in [5.41, 5.74) is 4.59. The van der Waals surface area contributed by atoms with Crippen LogP contribution in [0.5, 0.6) is 0 Å². The zero-order valence-corrected chi connectivity index (χ0v) is 12.4. The van der Waals surface area contributed by atoms with Gasteiger partial charge in [0.05, 0.1) is 22.5 Å². The number of aromatic nitrogens is 1. The summed E-state index contributed by atoms with van der Waals surface area (Å²) in [5.74, 6) is 0.969. The molecule has 0 saturated heterocycles. The highest BCUT2D eigenvalue weighted by molar-refractivity contribution is 7.99. The molecule has 0 fully saturated rings. The molecule has 0 unspecified atom stereocenters. The van der Waals surface area contributed by atoms with Crippen LogP contribution in [-0.2, 0) is 6.42 Å². The van der Waals surface area contributed by atoms with Crippen molar-refractivity contribution in [3.05, 3.63) is 40.3 Å². The molecular formula is C14H15N3S2. The van der Waals surface area contributed by atoms with E-state index in [0.29, 0.717) is 0 Å². The van der Waals surface area contributed by atoms with Crippen molar-refractivity contribution in [1.82, 2.24) is 4.98 Å². The van der Waals surface area contributed by atoms with Crippen LogP contribution < -0.4 is 5.32 Å². The first kappa shape index (κ1) is 13.9. The molecule has 0 atom stereocenters. The summed E-state index contributed by atoms with van der Waals surface area (Å²) in [4.78, 5) is 5.29. The van der Waals surface area contributed by atoms with Crippen molar-refractivity contribution in [2.24, 2.45) is 0 Å². The van der Waals surface area contributed by atoms with Gasteiger partial charge in [-0.2, -0.15) is 5.26 Å². The summed E-state index contributed by atoms with van der Waals surface area (Å²) < 4.78 is 0. The standard InChI is InChI=1S/C14H15N3S2/c1-2-19-14-5-3-4-13(12(14)8-15)16-7-6-11-9-18-10-17-11/h3-5,9-10,16H,2,6-7H2,1H3. The maximum Gasteiger partial charge on any atom is 0.102 e. The molecule has 0 spiro atoms. The third-order valence-electron chi connectivity index (χ3n) is 2.62. The fraction of sp³-hybridized carbons (Fsp3) is 0.286. The summed E-state index contributed by atoms with van der Waals surface area (Å²) in [6.45, 7) is 2.88. The lowest BCUT2D eigenvalue weighted by atomic mass is 10.2. The number of nitrogens with one attached hydrogen (secondary N) is 1. The Hall–Kier alpha value is -1.51. The van der Waals surface area contributed by atoms with E-state index in [-0.39, 0.29) is 0 Å². The summed E-state index contributed by atoms with van der Waals surface area (Å²) in [5, 5.41) is 14.7. The van der Waals surface area contributed by atoms with Gasteiger partial charge in [0, 0.05) is 23.2 Å².